The Morgan fingerprint density at radius 2 is 2.12 bits per heavy atom. The van der Waals surface area contributed by atoms with Crippen LogP contribution in [0.4, 0.5) is 0 Å². The molecule has 0 radical (unpaired) electrons. The van der Waals surface area contributed by atoms with Gasteiger partial charge in [-0.05, 0) is 25.5 Å². The van der Waals surface area contributed by atoms with Crippen LogP contribution < -0.4 is 5.32 Å². The standard InChI is InChI=1S/C12H19NO3S/c1-9-8-11(17-10(9)2)12(14)13-4-5-16-7-6-15-3/h8H,4-7H2,1-3H3,(H,13,14). The van der Waals surface area contributed by atoms with Gasteiger partial charge in [-0.25, -0.2) is 0 Å². The normalized spacial score (nSPS) is 10.5. The van der Waals surface area contributed by atoms with Gasteiger partial charge in [-0.15, -0.1) is 11.3 Å². The fourth-order valence-electron chi connectivity index (χ4n) is 1.25. The van der Waals surface area contributed by atoms with Gasteiger partial charge in [0.15, 0.2) is 0 Å². The van der Waals surface area contributed by atoms with E-state index in [1.807, 2.05) is 19.9 Å². The molecule has 0 aromatic carbocycles. The molecule has 0 saturated carbocycles. The Kier molecular flexibility index (Phi) is 6.18. The Hall–Kier alpha value is -0.910. The fraction of sp³-hybridized carbons (Fsp3) is 0.583. The van der Waals surface area contributed by atoms with Crippen molar-refractivity contribution < 1.29 is 14.3 Å². The smallest absolute Gasteiger partial charge is 0.261 e. The summed E-state index contributed by atoms with van der Waals surface area (Å²) in [6, 6.07) is 1.92. The van der Waals surface area contributed by atoms with Crippen LogP contribution in [0, 0.1) is 13.8 Å². The van der Waals surface area contributed by atoms with Gasteiger partial charge in [0.1, 0.15) is 0 Å². The van der Waals surface area contributed by atoms with Crippen LogP contribution in [-0.2, 0) is 9.47 Å². The van der Waals surface area contributed by atoms with Crippen molar-refractivity contribution in [1.29, 1.82) is 0 Å². The zero-order valence-electron chi connectivity index (χ0n) is 10.5. The number of hydrogen-bond acceptors (Lipinski definition) is 4. The van der Waals surface area contributed by atoms with Crippen LogP contribution in [0.3, 0.4) is 0 Å². The minimum Gasteiger partial charge on any atom is -0.382 e. The van der Waals surface area contributed by atoms with E-state index in [9.17, 15) is 4.79 Å². The van der Waals surface area contributed by atoms with Crippen molar-refractivity contribution in [3.05, 3.63) is 21.4 Å². The maximum Gasteiger partial charge on any atom is 0.261 e. The van der Waals surface area contributed by atoms with Gasteiger partial charge in [0.05, 0.1) is 24.7 Å². The Balaban J connectivity index is 2.21. The zero-order valence-corrected chi connectivity index (χ0v) is 11.4. The number of hydrogen-bond donors (Lipinski definition) is 1. The molecule has 17 heavy (non-hydrogen) atoms. The summed E-state index contributed by atoms with van der Waals surface area (Å²) in [4.78, 5) is 13.7. The molecule has 96 valence electrons. The molecule has 0 saturated heterocycles. The van der Waals surface area contributed by atoms with Gasteiger partial charge in [0.25, 0.3) is 5.91 Å². The molecule has 1 N–H and O–H groups in total. The Bertz CT molecular complexity index is 343. The molecule has 0 aliphatic carbocycles. The van der Waals surface area contributed by atoms with Crippen LogP contribution >= 0.6 is 11.3 Å². The first-order chi connectivity index (χ1) is 8.15. The van der Waals surface area contributed by atoms with E-state index in [1.54, 1.807) is 7.11 Å². The highest BCUT2D eigenvalue weighted by Crippen LogP contribution is 2.20. The molecular formula is C12H19NO3S. The number of carbonyl (C=O) groups is 1. The number of aryl methyl sites for hydroxylation is 2. The summed E-state index contributed by atoms with van der Waals surface area (Å²) in [6.45, 7) is 6.21. The van der Waals surface area contributed by atoms with Crippen LogP contribution in [0.2, 0.25) is 0 Å². The second-order valence-corrected chi connectivity index (χ2v) is 4.97. The molecule has 5 heteroatoms. The lowest BCUT2D eigenvalue weighted by Crippen LogP contribution is -2.26. The largest absolute Gasteiger partial charge is 0.382 e. The Morgan fingerprint density at radius 3 is 2.71 bits per heavy atom. The average Bonchev–Trinajstić information content (AvgIpc) is 2.64. The number of methoxy groups -OCH3 is 1. The first-order valence-electron chi connectivity index (χ1n) is 5.57. The molecule has 0 unspecified atom stereocenters. The number of ether oxygens (including phenoxy) is 2. The van der Waals surface area contributed by atoms with Gasteiger partial charge in [-0.1, -0.05) is 0 Å². The maximum atomic E-state index is 11.7. The molecule has 1 aromatic heterocycles. The quantitative estimate of drug-likeness (QED) is 0.757. The lowest BCUT2D eigenvalue weighted by atomic mass is 10.3. The third-order valence-electron chi connectivity index (χ3n) is 2.35. The van der Waals surface area contributed by atoms with Crippen LogP contribution in [0.1, 0.15) is 20.1 Å². The summed E-state index contributed by atoms with van der Waals surface area (Å²) in [6.07, 6.45) is 0. The van der Waals surface area contributed by atoms with E-state index in [0.717, 1.165) is 10.4 Å². The minimum atomic E-state index is -0.0264. The molecule has 0 bridgehead atoms. The number of carbonyl (C=O) groups excluding carboxylic acids is 1. The molecule has 1 amide bonds. The lowest BCUT2D eigenvalue weighted by Gasteiger charge is -2.04. The van der Waals surface area contributed by atoms with E-state index in [-0.39, 0.29) is 5.91 Å². The summed E-state index contributed by atoms with van der Waals surface area (Å²) in [5, 5.41) is 2.82. The SMILES string of the molecule is COCCOCCNC(=O)c1cc(C)c(C)s1. The second kappa shape index (κ2) is 7.42. The molecule has 0 aliphatic rings. The van der Waals surface area contributed by atoms with Crippen molar-refractivity contribution in [2.75, 3.05) is 33.5 Å². The molecule has 0 aliphatic heterocycles. The highest BCUT2D eigenvalue weighted by atomic mass is 32.1. The molecule has 0 fully saturated rings. The molecule has 1 heterocycles. The van der Waals surface area contributed by atoms with Crippen molar-refractivity contribution in [1.82, 2.24) is 5.32 Å². The summed E-state index contributed by atoms with van der Waals surface area (Å²) in [5.41, 5.74) is 1.16. The molecule has 0 atom stereocenters. The van der Waals surface area contributed by atoms with Crippen molar-refractivity contribution in [3.8, 4) is 0 Å². The van der Waals surface area contributed by atoms with Crippen LogP contribution in [-0.4, -0.2) is 39.4 Å². The van der Waals surface area contributed by atoms with Crippen LogP contribution in [0.15, 0.2) is 6.07 Å². The van der Waals surface area contributed by atoms with Gasteiger partial charge in [-0.3, -0.25) is 4.79 Å². The van der Waals surface area contributed by atoms with Gasteiger partial charge in [0, 0.05) is 18.5 Å². The lowest BCUT2D eigenvalue weighted by molar-refractivity contribution is 0.0693. The van der Waals surface area contributed by atoms with Gasteiger partial charge in [-0.2, -0.15) is 0 Å². The number of amides is 1. The molecule has 0 spiro atoms. The number of nitrogens with one attached hydrogen (secondary N) is 1. The highest BCUT2D eigenvalue weighted by molar-refractivity contribution is 7.14. The summed E-state index contributed by atoms with van der Waals surface area (Å²) >= 11 is 1.52. The molecule has 4 nitrogen and oxygen atoms in total. The van der Waals surface area contributed by atoms with E-state index >= 15 is 0 Å². The van der Waals surface area contributed by atoms with E-state index < -0.39 is 0 Å². The summed E-state index contributed by atoms with van der Waals surface area (Å²) in [5.74, 6) is -0.0264. The Labute approximate surface area is 106 Å². The predicted molar refractivity (Wildman–Crippen MR) is 68.8 cm³/mol. The van der Waals surface area contributed by atoms with E-state index in [2.05, 4.69) is 5.32 Å². The first kappa shape index (κ1) is 14.2. The van der Waals surface area contributed by atoms with E-state index in [0.29, 0.717) is 26.4 Å². The van der Waals surface area contributed by atoms with Crippen molar-refractivity contribution >= 4 is 17.2 Å². The maximum absolute atomic E-state index is 11.7. The van der Waals surface area contributed by atoms with Gasteiger partial charge < -0.3 is 14.8 Å². The second-order valence-electron chi connectivity index (χ2n) is 3.71. The number of rotatable bonds is 7. The zero-order chi connectivity index (χ0) is 12.7. The third kappa shape index (κ3) is 4.85. The highest BCUT2D eigenvalue weighted by Gasteiger charge is 2.09. The molecular weight excluding hydrogens is 238 g/mol. The van der Waals surface area contributed by atoms with Crippen LogP contribution in [0.25, 0.3) is 0 Å². The summed E-state index contributed by atoms with van der Waals surface area (Å²) < 4.78 is 10.1. The summed E-state index contributed by atoms with van der Waals surface area (Å²) in [7, 11) is 1.63. The van der Waals surface area contributed by atoms with E-state index in [4.69, 9.17) is 9.47 Å². The fourth-order valence-corrected chi connectivity index (χ4v) is 2.20. The van der Waals surface area contributed by atoms with Gasteiger partial charge in [0.2, 0.25) is 0 Å². The van der Waals surface area contributed by atoms with Gasteiger partial charge >= 0.3 is 0 Å². The third-order valence-corrected chi connectivity index (χ3v) is 3.50. The topological polar surface area (TPSA) is 47.6 Å². The molecule has 1 rings (SSSR count). The minimum absolute atomic E-state index is 0.0264. The first-order valence-corrected chi connectivity index (χ1v) is 6.38. The van der Waals surface area contributed by atoms with Crippen LogP contribution in [0.5, 0.6) is 0 Å². The average molecular weight is 257 g/mol. The van der Waals surface area contributed by atoms with Crippen molar-refractivity contribution in [2.45, 2.75) is 13.8 Å². The van der Waals surface area contributed by atoms with Crippen molar-refractivity contribution in [3.63, 3.8) is 0 Å². The van der Waals surface area contributed by atoms with Crippen molar-refractivity contribution in [2.24, 2.45) is 0 Å². The predicted octanol–water partition coefficient (Wildman–Crippen LogP) is 1.76. The number of thiophene rings is 1. The monoisotopic (exact) mass is 257 g/mol. The van der Waals surface area contributed by atoms with E-state index in [1.165, 1.54) is 16.2 Å². The molecule has 1 aromatic rings. The Morgan fingerprint density at radius 1 is 1.35 bits per heavy atom.